The maximum Gasteiger partial charge on any atom is 0.337 e. The van der Waals surface area contributed by atoms with Gasteiger partial charge in [-0.15, -0.1) is 11.3 Å². The largest absolute Gasteiger partial charge is 0.506 e. The molecule has 0 aliphatic rings. The van der Waals surface area contributed by atoms with E-state index in [4.69, 9.17) is 33.7 Å². The molecule has 2 N–H and O–H groups in total. The molecule has 160 valence electrons. The van der Waals surface area contributed by atoms with Crippen LogP contribution in [0.15, 0.2) is 52.8 Å². The molecule has 31 heavy (non-hydrogen) atoms. The van der Waals surface area contributed by atoms with E-state index in [0.717, 1.165) is 21.8 Å². The summed E-state index contributed by atoms with van der Waals surface area (Å²) < 4.78 is 5.17. The molecule has 0 atom stereocenters. The van der Waals surface area contributed by atoms with Crippen molar-refractivity contribution in [1.82, 2.24) is 0 Å². The van der Waals surface area contributed by atoms with Gasteiger partial charge in [0.15, 0.2) is 0 Å². The first-order valence-corrected chi connectivity index (χ1v) is 11.0. The second-order valence-corrected chi connectivity index (χ2v) is 8.66. The van der Waals surface area contributed by atoms with Gasteiger partial charge in [-0.25, -0.2) is 4.79 Å². The van der Waals surface area contributed by atoms with Crippen LogP contribution in [0, 0.1) is 0 Å². The molecule has 0 amide bonds. The Labute approximate surface area is 194 Å². The van der Waals surface area contributed by atoms with E-state index in [-0.39, 0.29) is 16.3 Å². The van der Waals surface area contributed by atoms with E-state index >= 15 is 0 Å². The smallest absolute Gasteiger partial charge is 0.337 e. The van der Waals surface area contributed by atoms with Gasteiger partial charge in [0.1, 0.15) is 11.5 Å². The summed E-state index contributed by atoms with van der Waals surface area (Å²) in [6.45, 7) is 2.15. The van der Waals surface area contributed by atoms with Crippen molar-refractivity contribution >= 4 is 51.7 Å². The van der Waals surface area contributed by atoms with Gasteiger partial charge in [-0.1, -0.05) is 29.9 Å². The number of thiocarbonyl (C=S) groups is 1. The van der Waals surface area contributed by atoms with Crippen LogP contribution in [0.1, 0.15) is 28.4 Å². The fourth-order valence-electron chi connectivity index (χ4n) is 2.97. The lowest BCUT2D eigenvalue weighted by atomic mass is 10.1. The van der Waals surface area contributed by atoms with Crippen molar-refractivity contribution in [2.45, 2.75) is 13.3 Å². The number of rotatable bonds is 8. The molecule has 0 radical (unpaired) electrons. The minimum atomic E-state index is -1.07. The molecule has 5 nitrogen and oxygen atoms in total. The Morgan fingerprint density at radius 3 is 2.52 bits per heavy atom. The van der Waals surface area contributed by atoms with Gasteiger partial charge < -0.3 is 14.9 Å². The van der Waals surface area contributed by atoms with E-state index in [1.54, 1.807) is 19.2 Å². The first kappa shape index (κ1) is 22.9. The molecule has 8 heteroatoms. The molecule has 0 spiro atoms. The minimum Gasteiger partial charge on any atom is -0.506 e. The predicted octanol–water partition coefficient (Wildman–Crippen LogP) is 5.90. The van der Waals surface area contributed by atoms with Gasteiger partial charge in [0.2, 0.25) is 0 Å². The number of benzene rings is 2. The number of methoxy groups -OCH3 is 1. The Morgan fingerprint density at radius 1 is 1.19 bits per heavy atom. The second kappa shape index (κ2) is 10.0. The molecule has 3 aromatic rings. The van der Waals surface area contributed by atoms with Gasteiger partial charge in [-0.3, -0.25) is 4.99 Å². The molecule has 0 unspecified atom stereocenters. The molecular formula is C23H20ClNO4S2. The molecule has 3 rings (SSSR count). The van der Waals surface area contributed by atoms with Gasteiger partial charge >= 0.3 is 5.97 Å². The van der Waals surface area contributed by atoms with Gasteiger partial charge in [0, 0.05) is 27.9 Å². The summed E-state index contributed by atoms with van der Waals surface area (Å²) in [5.74, 6) is -0.118. The number of carbonyl (C=O) groups is 1. The van der Waals surface area contributed by atoms with Crippen LogP contribution in [-0.4, -0.2) is 40.4 Å². The number of aromatic hydroxyl groups is 1. The highest BCUT2D eigenvalue weighted by Crippen LogP contribution is 2.39. The number of hydrogen-bond acceptors (Lipinski definition) is 6. The Morgan fingerprint density at radius 2 is 1.90 bits per heavy atom. The highest BCUT2D eigenvalue weighted by atomic mass is 35.5. The molecular weight excluding hydrogens is 454 g/mol. The molecule has 1 aromatic heterocycles. The van der Waals surface area contributed by atoms with E-state index in [1.165, 1.54) is 17.4 Å². The molecule has 0 aliphatic heterocycles. The van der Waals surface area contributed by atoms with Crippen molar-refractivity contribution in [2.24, 2.45) is 4.99 Å². The molecule has 0 aliphatic carbocycles. The lowest BCUT2D eigenvalue weighted by Crippen LogP contribution is -2.07. The Balaban J connectivity index is 1.69. The number of ether oxygens (including phenoxy) is 1. The normalized spacial score (nSPS) is 11.4. The monoisotopic (exact) mass is 473 g/mol. The molecule has 0 saturated carbocycles. The predicted molar refractivity (Wildman–Crippen MR) is 130 cm³/mol. The maximum atomic E-state index is 11.1. The Hall–Kier alpha value is -2.74. The van der Waals surface area contributed by atoms with E-state index < -0.39 is 5.97 Å². The van der Waals surface area contributed by atoms with Crippen molar-refractivity contribution in [1.29, 1.82) is 0 Å². The summed E-state index contributed by atoms with van der Waals surface area (Å²) in [7, 11) is 1.61. The van der Waals surface area contributed by atoms with Crippen LogP contribution in [0.3, 0.4) is 0 Å². The number of carboxylic acids is 1. The first-order chi connectivity index (χ1) is 14.8. The molecule has 0 saturated heterocycles. The molecule has 2 aromatic carbocycles. The SMILES string of the molecule is COc1ccc(-c2scc(C(C)=NCC(=S)Cc3ccc(C(=O)O)c(Cl)c3)c2O)cc1. The van der Waals surface area contributed by atoms with Crippen molar-refractivity contribution in [3.63, 3.8) is 0 Å². The highest BCUT2D eigenvalue weighted by molar-refractivity contribution is 7.80. The number of halogens is 1. The number of hydrogen-bond donors (Lipinski definition) is 2. The number of nitrogens with zero attached hydrogens (tertiary/aromatic N) is 1. The summed E-state index contributed by atoms with van der Waals surface area (Å²) in [4.78, 5) is 17.0. The van der Waals surface area contributed by atoms with E-state index in [9.17, 15) is 9.90 Å². The third-order valence-corrected chi connectivity index (χ3v) is 6.27. The van der Waals surface area contributed by atoms with Gasteiger partial charge in [0.05, 0.1) is 29.1 Å². The first-order valence-electron chi connectivity index (χ1n) is 9.30. The van der Waals surface area contributed by atoms with Gasteiger partial charge in [0.25, 0.3) is 0 Å². The molecule has 0 fully saturated rings. The zero-order chi connectivity index (χ0) is 22.5. The summed E-state index contributed by atoms with van der Waals surface area (Å²) in [6, 6.07) is 12.3. The lowest BCUT2D eigenvalue weighted by Gasteiger charge is -2.06. The van der Waals surface area contributed by atoms with Crippen molar-refractivity contribution in [3.05, 3.63) is 69.6 Å². The van der Waals surface area contributed by atoms with Crippen LogP contribution in [0.25, 0.3) is 10.4 Å². The Bertz CT molecular complexity index is 1150. The quantitative estimate of drug-likeness (QED) is 0.314. The van der Waals surface area contributed by atoms with Crippen LogP contribution >= 0.6 is 35.2 Å². The van der Waals surface area contributed by atoms with Crippen LogP contribution in [-0.2, 0) is 6.42 Å². The minimum absolute atomic E-state index is 0.0609. The number of aromatic carboxylic acids is 1. The van der Waals surface area contributed by atoms with Gasteiger partial charge in [-0.05, 0) is 54.4 Å². The van der Waals surface area contributed by atoms with E-state index in [0.29, 0.717) is 29.1 Å². The summed E-state index contributed by atoms with van der Waals surface area (Å²) in [5.41, 5.74) is 3.15. The van der Waals surface area contributed by atoms with Crippen molar-refractivity contribution < 1.29 is 19.7 Å². The van der Waals surface area contributed by atoms with Gasteiger partial charge in [-0.2, -0.15) is 0 Å². The maximum absolute atomic E-state index is 11.1. The molecule has 1 heterocycles. The van der Waals surface area contributed by atoms with Crippen LogP contribution < -0.4 is 4.74 Å². The Kier molecular flexibility index (Phi) is 7.43. The molecule has 0 bridgehead atoms. The lowest BCUT2D eigenvalue weighted by molar-refractivity contribution is 0.0697. The number of aliphatic imine (C=N–C) groups is 1. The zero-order valence-corrected chi connectivity index (χ0v) is 19.3. The van der Waals surface area contributed by atoms with Crippen molar-refractivity contribution in [3.8, 4) is 21.9 Å². The third kappa shape index (κ3) is 5.50. The topological polar surface area (TPSA) is 79.1 Å². The highest BCUT2D eigenvalue weighted by Gasteiger charge is 2.15. The third-order valence-electron chi connectivity index (χ3n) is 4.66. The number of thiophene rings is 1. The summed E-state index contributed by atoms with van der Waals surface area (Å²) in [6.07, 6.45) is 0.457. The average Bonchev–Trinajstić information content (AvgIpc) is 3.13. The van der Waals surface area contributed by atoms with Crippen LogP contribution in [0.4, 0.5) is 0 Å². The summed E-state index contributed by atoms with van der Waals surface area (Å²) >= 11 is 12.9. The standard InChI is InChI=1S/C23H20ClNO4S2/c1-13(19-12-31-22(21(19)26)15-4-6-16(29-2)7-5-15)25-11-17(30)9-14-3-8-18(23(27)28)20(24)10-14/h3-8,10,12,26H,9,11H2,1-2H3,(H,27,28). The summed E-state index contributed by atoms with van der Waals surface area (Å²) in [5, 5.41) is 21.8. The van der Waals surface area contributed by atoms with E-state index in [1.807, 2.05) is 36.6 Å². The zero-order valence-electron chi connectivity index (χ0n) is 16.9. The number of carboxylic acid groups (broad SMARTS) is 1. The fraction of sp³-hybridized carbons (Fsp3) is 0.174. The van der Waals surface area contributed by atoms with Crippen LogP contribution in [0.5, 0.6) is 11.5 Å². The average molecular weight is 474 g/mol. The van der Waals surface area contributed by atoms with E-state index in [2.05, 4.69) is 4.99 Å². The second-order valence-electron chi connectivity index (χ2n) is 6.79. The fourth-order valence-corrected chi connectivity index (χ4v) is 4.50. The van der Waals surface area contributed by atoms with Crippen molar-refractivity contribution in [2.75, 3.05) is 13.7 Å². The van der Waals surface area contributed by atoms with Crippen LogP contribution in [0.2, 0.25) is 5.02 Å².